The van der Waals surface area contributed by atoms with Crippen molar-refractivity contribution < 1.29 is 19.1 Å². The van der Waals surface area contributed by atoms with Gasteiger partial charge in [0.05, 0.1) is 29.6 Å². The smallest absolute Gasteiger partial charge is 0.311 e. The van der Waals surface area contributed by atoms with Crippen LogP contribution >= 0.6 is 11.3 Å². The Labute approximate surface area is 150 Å². The van der Waals surface area contributed by atoms with Crippen LogP contribution < -0.4 is 5.32 Å². The van der Waals surface area contributed by atoms with E-state index >= 15 is 0 Å². The zero-order chi connectivity index (χ0) is 17.0. The number of nitrogens with zero attached hydrogens (tertiary/aromatic N) is 1. The van der Waals surface area contributed by atoms with E-state index in [1.54, 1.807) is 11.3 Å². The molecule has 1 aromatic rings. The van der Waals surface area contributed by atoms with Gasteiger partial charge in [0.1, 0.15) is 0 Å². The van der Waals surface area contributed by atoms with Crippen molar-refractivity contribution in [3.63, 3.8) is 0 Å². The Morgan fingerprint density at radius 2 is 2.16 bits per heavy atom. The lowest BCUT2D eigenvalue weighted by Crippen LogP contribution is -2.44. The monoisotopic (exact) mass is 362 g/mol. The van der Waals surface area contributed by atoms with E-state index < -0.39 is 0 Å². The van der Waals surface area contributed by atoms with Crippen LogP contribution in [-0.4, -0.2) is 56.2 Å². The van der Waals surface area contributed by atoms with Crippen LogP contribution in [0.25, 0.3) is 0 Å². The molecule has 0 aromatic carbocycles. The van der Waals surface area contributed by atoms with Gasteiger partial charge in [-0.3, -0.25) is 9.59 Å². The van der Waals surface area contributed by atoms with Crippen LogP contribution in [0.3, 0.4) is 0 Å². The van der Waals surface area contributed by atoms with Gasteiger partial charge < -0.3 is 19.7 Å². The van der Waals surface area contributed by atoms with E-state index in [4.69, 9.17) is 9.47 Å². The highest BCUT2D eigenvalue weighted by molar-refractivity contribution is 7.14. The molecule has 0 bridgehead atoms. The second kappa shape index (κ2) is 5.79. The highest BCUT2D eigenvalue weighted by Gasteiger charge is 2.46. The Morgan fingerprint density at radius 3 is 2.96 bits per heavy atom. The first kappa shape index (κ1) is 15.8. The van der Waals surface area contributed by atoms with Crippen LogP contribution in [0.4, 0.5) is 0 Å². The van der Waals surface area contributed by atoms with Gasteiger partial charge in [0.25, 0.3) is 5.91 Å². The standard InChI is InChI=1S/C18H22N2O4S/c21-16(20-8-11-10-23-17(22)12(11)9-20)15-7-13-14(25-15)1-6-24-18(13)2-4-19-5-3-18/h7,11-12,19H,1-6,8-10H2/t11-,12-/m1/s1. The predicted octanol–water partition coefficient (Wildman–Crippen LogP) is 1.14. The first-order chi connectivity index (χ1) is 12.2. The highest BCUT2D eigenvalue weighted by atomic mass is 32.1. The fraction of sp³-hybridized carbons (Fsp3) is 0.667. The number of amides is 1. The van der Waals surface area contributed by atoms with Gasteiger partial charge in [-0.2, -0.15) is 0 Å². The van der Waals surface area contributed by atoms with E-state index in [1.807, 2.05) is 4.90 Å². The SMILES string of the molecule is O=C1OC[C@H]2CN(C(=O)c3cc4c(s3)CCOC43CCNCC3)C[C@@H]12. The molecule has 0 saturated carbocycles. The van der Waals surface area contributed by atoms with Gasteiger partial charge in [-0.1, -0.05) is 0 Å². The van der Waals surface area contributed by atoms with Gasteiger partial charge in [0.15, 0.2) is 0 Å². The number of fused-ring (bicyclic) bond motifs is 3. The van der Waals surface area contributed by atoms with Crippen molar-refractivity contribution in [2.24, 2.45) is 11.8 Å². The molecule has 1 amide bonds. The summed E-state index contributed by atoms with van der Waals surface area (Å²) in [5.41, 5.74) is 1.02. The molecule has 25 heavy (non-hydrogen) atoms. The van der Waals surface area contributed by atoms with Crippen LogP contribution in [-0.2, 0) is 26.3 Å². The molecule has 7 heteroatoms. The minimum Gasteiger partial charge on any atom is -0.465 e. The normalized spacial score (nSPS) is 30.2. The summed E-state index contributed by atoms with van der Waals surface area (Å²) < 4.78 is 11.3. The van der Waals surface area contributed by atoms with Crippen molar-refractivity contribution in [3.8, 4) is 0 Å². The Bertz CT molecular complexity index is 725. The molecule has 0 aliphatic carbocycles. The lowest BCUT2D eigenvalue weighted by Gasteiger charge is -2.40. The maximum Gasteiger partial charge on any atom is 0.311 e. The quantitative estimate of drug-likeness (QED) is 0.759. The zero-order valence-corrected chi connectivity index (χ0v) is 14.9. The molecule has 4 aliphatic rings. The van der Waals surface area contributed by atoms with E-state index in [0.29, 0.717) is 19.7 Å². The number of likely N-dealkylation sites (tertiary alicyclic amines) is 1. The van der Waals surface area contributed by atoms with Crippen molar-refractivity contribution in [1.29, 1.82) is 0 Å². The summed E-state index contributed by atoms with van der Waals surface area (Å²) in [5.74, 6) is -0.0405. The summed E-state index contributed by atoms with van der Waals surface area (Å²) in [6.45, 7) is 4.23. The predicted molar refractivity (Wildman–Crippen MR) is 91.6 cm³/mol. The number of thiophene rings is 1. The lowest BCUT2D eigenvalue weighted by molar-refractivity contribution is -0.141. The second-order valence-corrected chi connectivity index (χ2v) is 8.63. The summed E-state index contributed by atoms with van der Waals surface area (Å²) >= 11 is 1.62. The van der Waals surface area contributed by atoms with E-state index in [9.17, 15) is 9.59 Å². The maximum absolute atomic E-state index is 13.0. The minimum absolute atomic E-state index is 0.0608. The first-order valence-electron chi connectivity index (χ1n) is 9.10. The van der Waals surface area contributed by atoms with Crippen LogP contribution in [0.15, 0.2) is 6.07 Å². The molecule has 5 heterocycles. The van der Waals surface area contributed by atoms with Crippen molar-refractivity contribution >= 4 is 23.2 Å². The third kappa shape index (κ3) is 2.44. The Hall–Kier alpha value is -1.44. The number of rotatable bonds is 1. The largest absolute Gasteiger partial charge is 0.465 e. The molecular weight excluding hydrogens is 340 g/mol. The molecule has 3 saturated heterocycles. The third-order valence-corrected chi connectivity index (χ3v) is 7.28. The van der Waals surface area contributed by atoms with Gasteiger partial charge >= 0.3 is 5.97 Å². The number of hydrogen-bond acceptors (Lipinski definition) is 6. The average molecular weight is 362 g/mol. The number of nitrogens with one attached hydrogen (secondary N) is 1. The Kier molecular flexibility index (Phi) is 3.66. The second-order valence-electron chi connectivity index (χ2n) is 7.50. The van der Waals surface area contributed by atoms with Crippen molar-refractivity contribution in [2.75, 3.05) is 39.4 Å². The summed E-state index contributed by atoms with van der Waals surface area (Å²) in [5, 5.41) is 3.39. The van der Waals surface area contributed by atoms with E-state index in [2.05, 4.69) is 11.4 Å². The van der Waals surface area contributed by atoms with Gasteiger partial charge in [-0.25, -0.2) is 0 Å². The molecule has 2 atom stereocenters. The summed E-state index contributed by atoms with van der Waals surface area (Å²) in [6.07, 6.45) is 2.81. The number of hydrogen-bond donors (Lipinski definition) is 1. The number of cyclic esters (lactones) is 1. The van der Waals surface area contributed by atoms with Crippen molar-refractivity contribution in [1.82, 2.24) is 10.2 Å². The van der Waals surface area contributed by atoms with E-state index in [1.165, 1.54) is 10.4 Å². The average Bonchev–Trinajstić information content (AvgIpc) is 3.32. The number of ether oxygens (including phenoxy) is 2. The highest BCUT2D eigenvalue weighted by Crippen LogP contribution is 2.44. The van der Waals surface area contributed by atoms with Gasteiger partial charge in [0.2, 0.25) is 0 Å². The van der Waals surface area contributed by atoms with E-state index in [0.717, 1.165) is 43.8 Å². The molecule has 0 radical (unpaired) electrons. The first-order valence-corrected chi connectivity index (χ1v) is 9.92. The molecule has 6 nitrogen and oxygen atoms in total. The Balaban J connectivity index is 1.40. The summed E-state index contributed by atoms with van der Waals surface area (Å²) in [7, 11) is 0. The number of esters is 1. The molecule has 1 spiro atoms. The summed E-state index contributed by atoms with van der Waals surface area (Å²) in [6, 6.07) is 2.07. The van der Waals surface area contributed by atoms with Crippen LogP contribution in [0.5, 0.6) is 0 Å². The van der Waals surface area contributed by atoms with Crippen molar-refractivity contribution in [2.45, 2.75) is 24.9 Å². The molecule has 5 rings (SSSR count). The minimum atomic E-state index is -0.209. The fourth-order valence-corrected chi connectivity index (χ4v) is 5.89. The molecule has 4 aliphatic heterocycles. The van der Waals surface area contributed by atoms with Crippen molar-refractivity contribution in [3.05, 3.63) is 21.4 Å². The lowest BCUT2D eigenvalue weighted by atomic mass is 9.83. The maximum atomic E-state index is 13.0. The topological polar surface area (TPSA) is 67.9 Å². The van der Waals surface area contributed by atoms with E-state index in [-0.39, 0.29) is 29.3 Å². The fourth-order valence-electron chi connectivity index (χ4n) is 4.69. The number of carbonyl (C=O) groups is 2. The van der Waals surface area contributed by atoms with Gasteiger partial charge in [0, 0.05) is 30.3 Å². The van der Waals surface area contributed by atoms with Crippen LogP contribution in [0, 0.1) is 11.8 Å². The molecule has 3 fully saturated rings. The molecule has 1 N–H and O–H groups in total. The number of carbonyl (C=O) groups excluding carboxylic acids is 2. The Morgan fingerprint density at radius 1 is 1.32 bits per heavy atom. The number of piperidine rings is 1. The van der Waals surface area contributed by atoms with Crippen LogP contribution in [0.2, 0.25) is 0 Å². The molecule has 134 valence electrons. The molecule has 1 aromatic heterocycles. The summed E-state index contributed by atoms with van der Waals surface area (Å²) in [4.78, 5) is 28.7. The van der Waals surface area contributed by atoms with Gasteiger partial charge in [-0.05, 0) is 37.6 Å². The molecular formula is C18H22N2O4S. The van der Waals surface area contributed by atoms with Crippen LogP contribution in [0.1, 0.15) is 33.0 Å². The zero-order valence-electron chi connectivity index (χ0n) is 14.1. The van der Waals surface area contributed by atoms with Gasteiger partial charge in [-0.15, -0.1) is 11.3 Å². The molecule has 0 unspecified atom stereocenters. The third-order valence-electron chi connectivity index (χ3n) is 6.10.